The van der Waals surface area contributed by atoms with Crippen LogP contribution in [0.15, 0.2) is 18.2 Å². The highest BCUT2D eigenvalue weighted by Gasteiger charge is 2.30. The number of anilines is 1. The number of amides is 1. The quantitative estimate of drug-likeness (QED) is 0.744. The third-order valence-electron chi connectivity index (χ3n) is 1.44. The van der Waals surface area contributed by atoms with Crippen molar-refractivity contribution in [3.63, 3.8) is 0 Å². The van der Waals surface area contributed by atoms with Crippen LogP contribution in [0.5, 0.6) is 0 Å². The first kappa shape index (κ1) is 10.6. The average Bonchev–Trinajstić information content (AvgIpc) is 2.01. The number of nitrogens with one attached hydrogen (secondary N) is 1. The molecule has 1 rings (SSSR count). The summed E-state index contributed by atoms with van der Waals surface area (Å²) in [7, 11) is 0. The van der Waals surface area contributed by atoms with Gasteiger partial charge in [0.1, 0.15) is 0 Å². The van der Waals surface area contributed by atoms with Crippen LogP contribution in [-0.4, -0.2) is 5.91 Å². The third-order valence-corrected chi connectivity index (χ3v) is 1.44. The van der Waals surface area contributed by atoms with Crippen LogP contribution in [0, 0.1) is 6.07 Å². The molecule has 1 radical (unpaired) electrons. The number of halogens is 3. The highest BCUT2D eigenvalue weighted by atomic mass is 19.4. The highest BCUT2D eigenvalue weighted by molar-refractivity contribution is 5.88. The molecular weight excluding hydrogens is 195 g/mol. The Balaban J connectivity index is 2.95. The SMILES string of the molecule is CC(=O)Nc1c[c]cc(C(F)(F)F)c1. The first-order valence-corrected chi connectivity index (χ1v) is 3.75. The largest absolute Gasteiger partial charge is 0.416 e. The van der Waals surface area contributed by atoms with E-state index in [4.69, 9.17) is 0 Å². The van der Waals surface area contributed by atoms with E-state index in [1.807, 2.05) is 0 Å². The fourth-order valence-electron chi connectivity index (χ4n) is 0.911. The first-order valence-electron chi connectivity index (χ1n) is 3.75. The van der Waals surface area contributed by atoms with Crippen molar-refractivity contribution in [2.45, 2.75) is 13.1 Å². The molecular formula is C9H7F3NO. The van der Waals surface area contributed by atoms with Crippen LogP contribution < -0.4 is 5.32 Å². The highest BCUT2D eigenvalue weighted by Crippen LogP contribution is 2.30. The van der Waals surface area contributed by atoms with Gasteiger partial charge in [0.15, 0.2) is 0 Å². The summed E-state index contributed by atoms with van der Waals surface area (Å²) < 4.78 is 36.5. The standard InChI is InChI=1S/C9H7F3NO/c1-6(14)13-8-4-2-3-7(5-8)9(10,11)12/h3-5H,1H3,(H,13,14). The predicted molar refractivity (Wildman–Crippen MR) is 44.6 cm³/mol. The molecule has 1 amide bonds. The molecule has 1 aromatic carbocycles. The molecule has 0 aliphatic heterocycles. The molecule has 5 heteroatoms. The number of benzene rings is 1. The Labute approximate surface area is 78.7 Å². The topological polar surface area (TPSA) is 29.1 Å². The summed E-state index contributed by atoms with van der Waals surface area (Å²) in [6.45, 7) is 1.22. The second-order valence-corrected chi connectivity index (χ2v) is 2.69. The van der Waals surface area contributed by atoms with Gasteiger partial charge in [-0.1, -0.05) is 0 Å². The molecule has 0 aliphatic carbocycles. The zero-order chi connectivity index (χ0) is 10.8. The summed E-state index contributed by atoms with van der Waals surface area (Å²) in [6.07, 6.45) is -4.41. The Morgan fingerprint density at radius 3 is 2.57 bits per heavy atom. The minimum absolute atomic E-state index is 0.0901. The minimum Gasteiger partial charge on any atom is -0.326 e. The Hall–Kier alpha value is -1.52. The number of hydrogen-bond donors (Lipinski definition) is 1. The van der Waals surface area contributed by atoms with Crippen LogP contribution in [0.4, 0.5) is 18.9 Å². The molecule has 2 nitrogen and oxygen atoms in total. The van der Waals surface area contributed by atoms with Gasteiger partial charge >= 0.3 is 6.18 Å². The van der Waals surface area contributed by atoms with Crippen molar-refractivity contribution in [1.82, 2.24) is 0 Å². The maximum Gasteiger partial charge on any atom is 0.416 e. The van der Waals surface area contributed by atoms with Crippen molar-refractivity contribution in [2.24, 2.45) is 0 Å². The normalized spacial score (nSPS) is 11.1. The molecule has 0 unspecified atom stereocenters. The van der Waals surface area contributed by atoms with Gasteiger partial charge in [-0.15, -0.1) is 0 Å². The molecule has 0 saturated heterocycles. The van der Waals surface area contributed by atoms with E-state index in [0.29, 0.717) is 0 Å². The van der Waals surface area contributed by atoms with Gasteiger partial charge in [-0.3, -0.25) is 4.79 Å². The lowest BCUT2D eigenvalue weighted by Crippen LogP contribution is -2.09. The molecule has 75 valence electrons. The number of alkyl halides is 3. The van der Waals surface area contributed by atoms with Crippen molar-refractivity contribution in [3.8, 4) is 0 Å². The summed E-state index contributed by atoms with van der Waals surface area (Å²) in [6, 6.07) is 5.26. The van der Waals surface area contributed by atoms with E-state index in [-0.39, 0.29) is 5.69 Å². The average molecular weight is 202 g/mol. The van der Waals surface area contributed by atoms with Gasteiger partial charge in [0.2, 0.25) is 5.91 Å². The van der Waals surface area contributed by atoms with Gasteiger partial charge in [-0.2, -0.15) is 13.2 Å². The van der Waals surface area contributed by atoms with Gasteiger partial charge in [-0.05, 0) is 24.3 Å². The lowest BCUT2D eigenvalue weighted by molar-refractivity contribution is -0.137. The Kier molecular flexibility index (Phi) is 2.78. The Morgan fingerprint density at radius 2 is 2.07 bits per heavy atom. The van der Waals surface area contributed by atoms with E-state index in [0.717, 1.165) is 12.1 Å². The van der Waals surface area contributed by atoms with Gasteiger partial charge in [0, 0.05) is 12.6 Å². The lowest BCUT2D eigenvalue weighted by atomic mass is 10.2. The molecule has 1 N–H and O–H groups in total. The summed E-state index contributed by atoms with van der Waals surface area (Å²) >= 11 is 0. The van der Waals surface area contributed by atoms with E-state index in [2.05, 4.69) is 11.4 Å². The summed E-state index contributed by atoms with van der Waals surface area (Å²) in [5, 5.41) is 2.25. The molecule has 0 saturated carbocycles. The van der Waals surface area contributed by atoms with Crippen LogP contribution in [0.25, 0.3) is 0 Å². The maximum absolute atomic E-state index is 12.2. The van der Waals surface area contributed by atoms with Crippen molar-refractivity contribution >= 4 is 11.6 Å². The smallest absolute Gasteiger partial charge is 0.326 e. The molecule has 0 heterocycles. The Morgan fingerprint density at radius 1 is 1.43 bits per heavy atom. The molecule has 0 bridgehead atoms. The zero-order valence-corrected chi connectivity index (χ0v) is 7.27. The van der Waals surface area contributed by atoms with E-state index < -0.39 is 17.6 Å². The molecule has 0 spiro atoms. The maximum atomic E-state index is 12.2. The monoisotopic (exact) mass is 202 g/mol. The molecule has 1 aromatic rings. The van der Waals surface area contributed by atoms with Crippen LogP contribution >= 0.6 is 0 Å². The number of hydrogen-bond acceptors (Lipinski definition) is 1. The van der Waals surface area contributed by atoms with Crippen molar-refractivity contribution < 1.29 is 18.0 Å². The second kappa shape index (κ2) is 3.69. The molecule has 0 atom stereocenters. The minimum atomic E-state index is -4.41. The van der Waals surface area contributed by atoms with Crippen LogP contribution in [0.1, 0.15) is 12.5 Å². The van der Waals surface area contributed by atoms with E-state index >= 15 is 0 Å². The van der Waals surface area contributed by atoms with Gasteiger partial charge in [0.05, 0.1) is 5.56 Å². The van der Waals surface area contributed by atoms with Gasteiger partial charge in [-0.25, -0.2) is 0 Å². The summed E-state index contributed by atoms with van der Waals surface area (Å²) in [5.41, 5.74) is -0.740. The van der Waals surface area contributed by atoms with Crippen LogP contribution in [-0.2, 0) is 11.0 Å². The van der Waals surface area contributed by atoms with E-state index in [1.165, 1.54) is 13.0 Å². The zero-order valence-electron chi connectivity index (χ0n) is 7.27. The summed E-state index contributed by atoms with van der Waals surface area (Å²) in [4.78, 5) is 10.6. The number of rotatable bonds is 1. The predicted octanol–water partition coefficient (Wildman–Crippen LogP) is 2.46. The van der Waals surface area contributed by atoms with E-state index in [1.54, 1.807) is 0 Å². The molecule has 0 aromatic heterocycles. The lowest BCUT2D eigenvalue weighted by Gasteiger charge is -2.08. The third kappa shape index (κ3) is 2.76. The fraction of sp³-hybridized carbons (Fsp3) is 0.222. The van der Waals surface area contributed by atoms with Crippen LogP contribution in [0.2, 0.25) is 0 Å². The molecule has 0 fully saturated rings. The van der Waals surface area contributed by atoms with Crippen molar-refractivity contribution in [3.05, 3.63) is 29.8 Å². The second-order valence-electron chi connectivity index (χ2n) is 2.69. The summed E-state index contributed by atoms with van der Waals surface area (Å²) in [5.74, 6) is -0.419. The fourth-order valence-corrected chi connectivity index (χ4v) is 0.911. The number of carbonyl (C=O) groups excluding carboxylic acids is 1. The first-order chi connectivity index (χ1) is 6.39. The van der Waals surface area contributed by atoms with Crippen molar-refractivity contribution in [1.29, 1.82) is 0 Å². The van der Waals surface area contributed by atoms with Crippen molar-refractivity contribution in [2.75, 3.05) is 5.32 Å². The van der Waals surface area contributed by atoms with Gasteiger partial charge < -0.3 is 5.32 Å². The number of carbonyl (C=O) groups is 1. The molecule has 14 heavy (non-hydrogen) atoms. The van der Waals surface area contributed by atoms with Gasteiger partial charge in [0.25, 0.3) is 0 Å². The van der Waals surface area contributed by atoms with Crippen LogP contribution in [0.3, 0.4) is 0 Å². The Bertz CT molecular complexity index is 346. The molecule has 0 aliphatic rings. The van der Waals surface area contributed by atoms with E-state index in [9.17, 15) is 18.0 Å².